The lowest BCUT2D eigenvalue weighted by Gasteiger charge is -2.34. The maximum Gasteiger partial charge on any atom is 0.227 e. The van der Waals surface area contributed by atoms with Gasteiger partial charge in [-0.25, -0.2) is 0 Å². The van der Waals surface area contributed by atoms with Gasteiger partial charge in [0.05, 0.1) is 6.10 Å². The van der Waals surface area contributed by atoms with E-state index in [4.69, 9.17) is 0 Å². The van der Waals surface area contributed by atoms with Crippen LogP contribution in [0.15, 0.2) is 18.2 Å². The molecule has 3 nitrogen and oxygen atoms in total. The Labute approximate surface area is 127 Å². The highest BCUT2D eigenvalue weighted by Gasteiger charge is 2.39. The number of anilines is 1. The highest BCUT2D eigenvalue weighted by molar-refractivity contribution is 5.95. The molecule has 1 atom stereocenters. The molecule has 0 aromatic heterocycles. The first-order valence-corrected chi connectivity index (χ1v) is 8.15. The summed E-state index contributed by atoms with van der Waals surface area (Å²) in [6.07, 6.45) is 6.72. The van der Waals surface area contributed by atoms with E-state index >= 15 is 0 Å². The van der Waals surface area contributed by atoms with Crippen molar-refractivity contribution in [2.24, 2.45) is 5.41 Å². The van der Waals surface area contributed by atoms with E-state index in [1.165, 1.54) is 18.4 Å². The van der Waals surface area contributed by atoms with Crippen molar-refractivity contribution >= 4 is 11.6 Å². The Kier molecular flexibility index (Phi) is 3.78. The van der Waals surface area contributed by atoms with Gasteiger partial charge >= 0.3 is 0 Å². The van der Waals surface area contributed by atoms with Gasteiger partial charge in [-0.1, -0.05) is 31.9 Å². The van der Waals surface area contributed by atoms with Crippen molar-refractivity contribution in [2.45, 2.75) is 58.0 Å². The Morgan fingerprint density at radius 2 is 2.00 bits per heavy atom. The number of rotatable bonds is 3. The minimum absolute atomic E-state index is 0.0601. The van der Waals surface area contributed by atoms with Crippen LogP contribution in [0.5, 0.6) is 0 Å². The van der Waals surface area contributed by atoms with Gasteiger partial charge < -0.3 is 10.0 Å². The Morgan fingerprint density at radius 1 is 1.29 bits per heavy atom. The fourth-order valence-electron chi connectivity index (χ4n) is 4.10. The molecule has 1 aromatic carbocycles. The first-order valence-electron chi connectivity index (χ1n) is 8.15. The summed E-state index contributed by atoms with van der Waals surface area (Å²) in [5.74, 6) is 0.177. The molecule has 3 heteroatoms. The second-order valence-electron chi connectivity index (χ2n) is 6.67. The van der Waals surface area contributed by atoms with E-state index in [1.54, 1.807) is 4.90 Å². The monoisotopic (exact) mass is 287 g/mol. The van der Waals surface area contributed by atoms with Crippen molar-refractivity contribution in [3.8, 4) is 0 Å². The molecule has 114 valence electrons. The van der Waals surface area contributed by atoms with E-state index in [2.05, 4.69) is 13.0 Å². The fraction of sp³-hybridized carbons (Fsp3) is 0.611. The molecule has 0 radical (unpaired) electrons. The number of aryl methyl sites for hydroxylation is 1. The molecule has 1 aliphatic heterocycles. The van der Waals surface area contributed by atoms with E-state index in [0.29, 0.717) is 6.42 Å². The molecule has 1 N–H and O–H groups in total. The molecule has 1 fully saturated rings. The Bertz CT molecular complexity index is 546. The first-order chi connectivity index (χ1) is 10.1. The number of benzene rings is 1. The summed E-state index contributed by atoms with van der Waals surface area (Å²) >= 11 is 0. The summed E-state index contributed by atoms with van der Waals surface area (Å²) in [5.41, 5.74) is 3.28. The molecule has 1 aliphatic carbocycles. The van der Waals surface area contributed by atoms with Gasteiger partial charge in [0.25, 0.3) is 0 Å². The Morgan fingerprint density at radius 3 is 2.67 bits per heavy atom. The van der Waals surface area contributed by atoms with Gasteiger partial charge in [0.15, 0.2) is 0 Å². The van der Waals surface area contributed by atoms with Crippen LogP contribution >= 0.6 is 0 Å². The highest BCUT2D eigenvalue weighted by Crippen LogP contribution is 2.50. The number of carbonyl (C=O) groups is 1. The largest absolute Gasteiger partial charge is 0.388 e. The van der Waals surface area contributed by atoms with Gasteiger partial charge in [0.2, 0.25) is 5.91 Å². The molecule has 1 amide bonds. The van der Waals surface area contributed by atoms with Crippen LogP contribution in [0.1, 0.15) is 62.7 Å². The topological polar surface area (TPSA) is 40.5 Å². The third-order valence-corrected chi connectivity index (χ3v) is 5.65. The molecular formula is C18H25NO2. The maximum absolute atomic E-state index is 11.8. The van der Waals surface area contributed by atoms with Crippen LogP contribution in [0.4, 0.5) is 5.69 Å². The van der Waals surface area contributed by atoms with Crippen LogP contribution in [0, 0.1) is 5.41 Å². The summed E-state index contributed by atoms with van der Waals surface area (Å²) in [6.45, 7) is 2.19. The number of hydrogen-bond acceptors (Lipinski definition) is 2. The lowest BCUT2D eigenvalue weighted by molar-refractivity contribution is -0.118. The number of carbonyl (C=O) groups excluding carboxylic acids is 1. The zero-order valence-corrected chi connectivity index (χ0v) is 13.1. The molecule has 3 rings (SSSR count). The SMILES string of the molecule is CCC1(C(O)c2ccc3c(c2)CCC(=O)N3C)CCCC1. The number of fused-ring (bicyclic) bond motifs is 1. The van der Waals surface area contributed by atoms with Crippen molar-refractivity contribution in [1.82, 2.24) is 0 Å². The first kappa shape index (κ1) is 14.6. The lowest BCUT2D eigenvalue weighted by atomic mass is 9.75. The normalized spacial score (nSPS) is 22.2. The third-order valence-electron chi connectivity index (χ3n) is 5.65. The second kappa shape index (κ2) is 5.45. The van der Waals surface area contributed by atoms with Gasteiger partial charge in [-0.15, -0.1) is 0 Å². The van der Waals surface area contributed by atoms with Crippen molar-refractivity contribution in [3.63, 3.8) is 0 Å². The molecule has 0 saturated heterocycles. The van der Waals surface area contributed by atoms with E-state index in [9.17, 15) is 9.90 Å². The molecule has 1 aromatic rings. The van der Waals surface area contributed by atoms with Crippen LogP contribution in [0.3, 0.4) is 0 Å². The predicted octanol–water partition coefficient (Wildman–Crippen LogP) is 3.60. The molecule has 0 bridgehead atoms. The van der Waals surface area contributed by atoms with Gasteiger partial charge in [-0.3, -0.25) is 4.79 Å². The minimum Gasteiger partial charge on any atom is -0.388 e. The molecule has 0 spiro atoms. The summed E-state index contributed by atoms with van der Waals surface area (Å²) in [4.78, 5) is 13.5. The summed E-state index contributed by atoms with van der Waals surface area (Å²) in [7, 11) is 1.83. The van der Waals surface area contributed by atoms with Crippen molar-refractivity contribution < 1.29 is 9.90 Å². The average Bonchev–Trinajstić information content (AvgIpc) is 3.00. The zero-order valence-electron chi connectivity index (χ0n) is 13.1. The van der Waals surface area contributed by atoms with Crippen molar-refractivity contribution in [2.75, 3.05) is 11.9 Å². The van der Waals surface area contributed by atoms with Gasteiger partial charge in [0, 0.05) is 24.6 Å². The number of aliphatic hydroxyl groups excluding tert-OH is 1. The lowest BCUT2D eigenvalue weighted by Crippen LogP contribution is -2.31. The van der Waals surface area contributed by atoms with E-state index in [1.807, 2.05) is 19.2 Å². The molecule has 21 heavy (non-hydrogen) atoms. The highest BCUT2D eigenvalue weighted by atomic mass is 16.3. The third kappa shape index (κ3) is 2.38. The van der Waals surface area contributed by atoms with Crippen LogP contribution < -0.4 is 4.90 Å². The number of amides is 1. The second-order valence-corrected chi connectivity index (χ2v) is 6.67. The summed E-state index contributed by atoms with van der Waals surface area (Å²) < 4.78 is 0. The Hall–Kier alpha value is -1.35. The van der Waals surface area contributed by atoms with E-state index in [-0.39, 0.29) is 17.4 Å². The van der Waals surface area contributed by atoms with Gasteiger partial charge in [0.1, 0.15) is 0 Å². The quantitative estimate of drug-likeness (QED) is 0.922. The zero-order chi connectivity index (χ0) is 15.0. The maximum atomic E-state index is 11.8. The molecular weight excluding hydrogens is 262 g/mol. The van der Waals surface area contributed by atoms with Crippen LogP contribution in [0.2, 0.25) is 0 Å². The molecule has 1 unspecified atom stereocenters. The van der Waals surface area contributed by atoms with Gasteiger partial charge in [-0.2, -0.15) is 0 Å². The van der Waals surface area contributed by atoms with Crippen LogP contribution in [0.25, 0.3) is 0 Å². The average molecular weight is 287 g/mol. The number of hydrogen-bond donors (Lipinski definition) is 1. The van der Waals surface area contributed by atoms with Crippen molar-refractivity contribution in [1.29, 1.82) is 0 Å². The van der Waals surface area contributed by atoms with Crippen LogP contribution in [-0.2, 0) is 11.2 Å². The molecule has 1 saturated carbocycles. The minimum atomic E-state index is -0.377. The van der Waals surface area contributed by atoms with Gasteiger partial charge in [-0.05, 0) is 42.9 Å². The summed E-state index contributed by atoms with van der Waals surface area (Å²) in [5, 5.41) is 10.9. The number of aliphatic hydroxyl groups is 1. The van der Waals surface area contributed by atoms with Crippen LogP contribution in [-0.4, -0.2) is 18.1 Å². The van der Waals surface area contributed by atoms with E-state index < -0.39 is 0 Å². The summed E-state index contributed by atoms with van der Waals surface area (Å²) in [6, 6.07) is 6.14. The molecule has 1 heterocycles. The standard InChI is InChI=1S/C18H25NO2/c1-3-18(10-4-5-11-18)17(21)14-6-8-15-13(12-14)7-9-16(20)19(15)2/h6,8,12,17,21H,3-5,7,9-11H2,1-2H3. The van der Waals surface area contributed by atoms with E-state index in [0.717, 1.165) is 36.9 Å². The number of nitrogens with zero attached hydrogens (tertiary/aromatic N) is 1. The predicted molar refractivity (Wildman–Crippen MR) is 84.3 cm³/mol. The molecule has 2 aliphatic rings. The smallest absolute Gasteiger partial charge is 0.227 e. The fourth-order valence-corrected chi connectivity index (χ4v) is 4.10. The van der Waals surface area contributed by atoms with Crippen molar-refractivity contribution in [3.05, 3.63) is 29.3 Å². The Balaban J connectivity index is 1.92.